The van der Waals surface area contributed by atoms with Crippen LogP contribution in [0.5, 0.6) is 0 Å². The van der Waals surface area contributed by atoms with Crippen LogP contribution in [0.15, 0.2) is 24.5 Å². The molecule has 1 aromatic rings. The van der Waals surface area contributed by atoms with E-state index in [0.29, 0.717) is 13.0 Å². The smallest absolute Gasteiger partial charge is 0.306 e. The van der Waals surface area contributed by atoms with Crippen LogP contribution in [0.1, 0.15) is 17.9 Å². The average molecular weight is 194 g/mol. The number of pyridine rings is 1. The first kappa shape index (κ1) is 10.7. The predicted octanol–water partition coefficient (Wildman–Crippen LogP) is 0.687. The highest BCUT2D eigenvalue weighted by atomic mass is 16.5. The lowest BCUT2D eigenvalue weighted by Crippen LogP contribution is -2.17. The fourth-order valence-electron chi connectivity index (χ4n) is 1.24. The van der Waals surface area contributed by atoms with Crippen LogP contribution < -0.4 is 5.73 Å². The summed E-state index contributed by atoms with van der Waals surface area (Å²) >= 11 is 0. The molecule has 0 amide bonds. The molecule has 0 saturated heterocycles. The van der Waals surface area contributed by atoms with Gasteiger partial charge in [-0.1, -0.05) is 6.07 Å². The second kappa shape index (κ2) is 5.34. The van der Waals surface area contributed by atoms with E-state index in [0.717, 1.165) is 5.56 Å². The molecule has 1 aromatic heterocycles. The zero-order valence-corrected chi connectivity index (χ0v) is 8.14. The maximum atomic E-state index is 11.1. The Hall–Kier alpha value is -1.42. The van der Waals surface area contributed by atoms with Crippen molar-refractivity contribution in [3.63, 3.8) is 0 Å². The molecule has 1 heterocycles. The van der Waals surface area contributed by atoms with Gasteiger partial charge in [0.1, 0.15) is 0 Å². The molecule has 0 aliphatic heterocycles. The molecule has 0 spiro atoms. The third kappa shape index (κ3) is 2.81. The Morgan fingerprint density at radius 3 is 3.00 bits per heavy atom. The highest BCUT2D eigenvalue weighted by molar-refractivity contribution is 5.70. The topological polar surface area (TPSA) is 65.2 Å². The maximum absolute atomic E-state index is 11.1. The van der Waals surface area contributed by atoms with Gasteiger partial charge in [-0.2, -0.15) is 0 Å². The van der Waals surface area contributed by atoms with Gasteiger partial charge in [0.15, 0.2) is 0 Å². The molecule has 0 aliphatic rings. The maximum Gasteiger partial charge on any atom is 0.306 e. The van der Waals surface area contributed by atoms with E-state index < -0.39 is 0 Å². The lowest BCUT2D eigenvalue weighted by atomic mass is 9.98. The molecule has 1 rings (SSSR count). The van der Waals surface area contributed by atoms with E-state index in [2.05, 4.69) is 9.72 Å². The SMILES string of the molecule is COC(=O)CC(CN)c1cccnc1. The van der Waals surface area contributed by atoms with E-state index in [1.54, 1.807) is 12.4 Å². The number of hydrogen-bond donors (Lipinski definition) is 1. The van der Waals surface area contributed by atoms with Gasteiger partial charge in [-0.15, -0.1) is 0 Å². The monoisotopic (exact) mass is 194 g/mol. The van der Waals surface area contributed by atoms with Crippen LogP contribution in [0.3, 0.4) is 0 Å². The van der Waals surface area contributed by atoms with Gasteiger partial charge in [-0.3, -0.25) is 9.78 Å². The second-order valence-corrected chi connectivity index (χ2v) is 3.00. The minimum atomic E-state index is -0.246. The van der Waals surface area contributed by atoms with Crippen molar-refractivity contribution in [2.45, 2.75) is 12.3 Å². The summed E-state index contributed by atoms with van der Waals surface area (Å²) in [5.41, 5.74) is 6.54. The molecule has 0 saturated carbocycles. The zero-order valence-electron chi connectivity index (χ0n) is 8.14. The third-order valence-corrected chi connectivity index (χ3v) is 2.08. The molecule has 4 heteroatoms. The molecule has 2 N–H and O–H groups in total. The summed E-state index contributed by atoms with van der Waals surface area (Å²) in [5.74, 6) is -0.250. The zero-order chi connectivity index (χ0) is 10.4. The van der Waals surface area contributed by atoms with Crippen molar-refractivity contribution in [3.8, 4) is 0 Å². The number of esters is 1. The number of nitrogens with zero attached hydrogens (tertiary/aromatic N) is 1. The van der Waals surface area contributed by atoms with Crippen LogP contribution >= 0.6 is 0 Å². The molecule has 0 fully saturated rings. The Morgan fingerprint density at radius 1 is 1.71 bits per heavy atom. The lowest BCUT2D eigenvalue weighted by molar-refractivity contribution is -0.141. The summed E-state index contributed by atoms with van der Waals surface area (Å²) in [7, 11) is 1.37. The van der Waals surface area contributed by atoms with Crippen molar-refractivity contribution < 1.29 is 9.53 Å². The number of aromatic nitrogens is 1. The van der Waals surface area contributed by atoms with Crippen molar-refractivity contribution in [2.24, 2.45) is 5.73 Å². The lowest BCUT2D eigenvalue weighted by Gasteiger charge is -2.12. The van der Waals surface area contributed by atoms with E-state index in [1.807, 2.05) is 12.1 Å². The molecule has 0 bridgehead atoms. The molecule has 1 unspecified atom stereocenters. The molecule has 0 aliphatic carbocycles. The van der Waals surface area contributed by atoms with E-state index in [9.17, 15) is 4.79 Å². The van der Waals surface area contributed by atoms with E-state index in [-0.39, 0.29) is 11.9 Å². The first-order valence-corrected chi connectivity index (χ1v) is 4.44. The molecular weight excluding hydrogens is 180 g/mol. The van der Waals surface area contributed by atoms with Crippen molar-refractivity contribution in [1.82, 2.24) is 4.98 Å². The van der Waals surface area contributed by atoms with Crippen molar-refractivity contribution >= 4 is 5.97 Å². The summed E-state index contributed by atoms with van der Waals surface area (Å²) < 4.78 is 4.59. The van der Waals surface area contributed by atoms with Gasteiger partial charge in [-0.25, -0.2) is 0 Å². The summed E-state index contributed by atoms with van der Waals surface area (Å²) in [6, 6.07) is 3.74. The molecule has 0 radical (unpaired) electrons. The minimum Gasteiger partial charge on any atom is -0.469 e. The van der Waals surface area contributed by atoms with E-state index >= 15 is 0 Å². The summed E-state index contributed by atoms with van der Waals surface area (Å²) in [4.78, 5) is 15.0. The highest BCUT2D eigenvalue weighted by Gasteiger charge is 2.14. The van der Waals surface area contributed by atoms with Gasteiger partial charge in [-0.05, 0) is 18.2 Å². The minimum absolute atomic E-state index is 0.00356. The standard InChI is InChI=1S/C10H14N2O2/c1-14-10(13)5-9(6-11)8-3-2-4-12-7-8/h2-4,7,9H,5-6,11H2,1H3. The molecule has 14 heavy (non-hydrogen) atoms. The highest BCUT2D eigenvalue weighted by Crippen LogP contribution is 2.17. The summed E-state index contributed by atoms with van der Waals surface area (Å²) in [6.07, 6.45) is 3.72. The molecule has 1 atom stereocenters. The largest absolute Gasteiger partial charge is 0.469 e. The number of carbonyl (C=O) groups is 1. The first-order valence-electron chi connectivity index (χ1n) is 4.44. The fourth-order valence-corrected chi connectivity index (χ4v) is 1.24. The van der Waals surface area contributed by atoms with Crippen molar-refractivity contribution in [3.05, 3.63) is 30.1 Å². The quantitative estimate of drug-likeness (QED) is 0.716. The number of carbonyl (C=O) groups excluding carboxylic acids is 1. The number of nitrogens with two attached hydrogens (primary N) is 1. The normalized spacial score (nSPS) is 12.1. The van der Waals surface area contributed by atoms with Gasteiger partial charge < -0.3 is 10.5 Å². The average Bonchev–Trinajstić information content (AvgIpc) is 2.26. The van der Waals surface area contributed by atoms with E-state index in [1.165, 1.54) is 7.11 Å². The molecule has 4 nitrogen and oxygen atoms in total. The van der Waals surface area contributed by atoms with Crippen LogP contribution in [0.4, 0.5) is 0 Å². The third-order valence-electron chi connectivity index (χ3n) is 2.08. The fraction of sp³-hybridized carbons (Fsp3) is 0.400. The molecular formula is C10H14N2O2. The van der Waals surface area contributed by atoms with Gasteiger partial charge in [0.05, 0.1) is 13.5 Å². The van der Waals surface area contributed by atoms with Gasteiger partial charge in [0.2, 0.25) is 0 Å². The van der Waals surface area contributed by atoms with Gasteiger partial charge in [0.25, 0.3) is 0 Å². The molecule has 0 aromatic carbocycles. The van der Waals surface area contributed by atoms with Crippen molar-refractivity contribution in [1.29, 1.82) is 0 Å². The van der Waals surface area contributed by atoms with Gasteiger partial charge >= 0.3 is 5.97 Å². The Kier molecular flexibility index (Phi) is 4.07. The Labute approximate surface area is 83.1 Å². The van der Waals surface area contributed by atoms with Crippen LogP contribution in [-0.4, -0.2) is 24.6 Å². The number of ether oxygens (including phenoxy) is 1. The van der Waals surface area contributed by atoms with Crippen LogP contribution in [0.25, 0.3) is 0 Å². The van der Waals surface area contributed by atoms with Crippen molar-refractivity contribution in [2.75, 3.05) is 13.7 Å². The van der Waals surface area contributed by atoms with Crippen LogP contribution in [-0.2, 0) is 9.53 Å². The summed E-state index contributed by atoms with van der Waals surface area (Å²) in [6.45, 7) is 0.417. The number of hydrogen-bond acceptors (Lipinski definition) is 4. The first-order chi connectivity index (χ1) is 6.77. The Balaban J connectivity index is 2.68. The molecule has 76 valence electrons. The Bertz CT molecular complexity index is 287. The number of rotatable bonds is 4. The van der Waals surface area contributed by atoms with E-state index in [4.69, 9.17) is 5.73 Å². The van der Waals surface area contributed by atoms with Crippen LogP contribution in [0.2, 0.25) is 0 Å². The Morgan fingerprint density at radius 2 is 2.50 bits per heavy atom. The summed E-state index contributed by atoms with van der Waals surface area (Å²) in [5, 5.41) is 0. The van der Waals surface area contributed by atoms with Gasteiger partial charge in [0, 0.05) is 18.3 Å². The predicted molar refractivity (Wildman–Crippen MR) is 52.7 cm³/mol. The second-order valence-electron chi connectivity index (χ2n) is 3.00. The number of methoxy groups -OCH3 is 1. The van der Waals surface area contributed by atoms with Crippen LogP contribution in [0, 0.1) is 0 Å².